The van der Waals surface area contributed by atoms with Gasteiger partial charge in [0.05, 0.1) is 14.7 Å². The summed E-state index contributed by atoms with van der Waals surface area (Å²) in [6.45, 7) is 2.01. The highest BCUT2D eigenvalue weighted by molar-refractivity contribution is 9.12. The highest BCUT2D eigenvalue weighted by atomic mass is 79.9. The number of hydrogen-bond donors (Lipinski definition) is 1. The Hall–Kier alpha value is 0.0900. The number of esters is 1. The van der Waals surface area contributed by atoms with Crippen LogP contribution >= 0.6 is 43.2 Å². The minimum atomic E-state index is -0.185. The smallest absolute Gasteiger partial charge is 0.305 e. The van der Waals surface area contributed by atoms with Crippen LogP contribution in [0, 0.1) is 5.92 Å². The maximum absolute atomic E-state index is 11.1. The molecule has 0 amide bonds. The van der Waals surface area contributed by atoms with Crippen LogP contribution in [-0.4, -0.2) is 13.1 Å². The minimum Gasteiger partial charge on any atom is -0.469 e. The fraction of sp³-hybridized carbons (Fsp3) is 0.545. The normalized spacial score (nSPS) is 14.4. The standard InChI is InChI=1S/C11H15Br2NO2S/c1-6(4-10(15)16-2)3-8(14)7-5-9(12)17-11(7)13/h5-6,8H,3-4,14H2,1-2H3. The van der Waals surface area contributed by atoms with Crippen molar-refractivity contribution in [1.29, 1.82) is 0 Å². The summed E-state index contributed by atoms with van der Waals surface area (Å²) in [5.74, 6) is 0.0262. The summed E-state index contributed by atoms with van der Waals surface area (Å²) >= 11 is 8.52. The summed E-state index contributed by atoms with van der Waals surface area (Å²) in [6.07, 6.45) is 1.17. The largest absolute Gasteiger partial charge is 0.469 e. The zero-order valence-electron chi connectivity index (χ0n) is 9.70. The van der Waals surface area contributed by atoms with Crippen molar-refractivity contribution in [1.82, 2.24) is 0 Å². The van der Waals surface area contributed by atoms with Gasteiger partial charge in [-0.1, -0.05) is 6.92 Å². The average molecular weight is 385 g/mol. The fourth-order valence-corrected chi connectivity index (χ4v) is 4.62. The molecule has 1 rings (SSSR count). The van der Waals surface area contributed by atoms with Crippen LogP contribution in [-0.2, 0) is 9.53 Å². The SMILES string of the molecule is COC(=O)CC(C)CC(N)c1cc(Br)sc1Br. The molecule has 1 aromatic heterocycles. The Morgan fingerprint density at radius 1 is 1.59 bits per heavy atom. The molecule has 96 valence electrons. The zero-order chi connectivity index (χ0) is 13.0. The van der Waals surface area contributed by atoms with Gasteiger partial charge in [0.15, 0.2) is 0 Å². The Morgan fingerprint density at radius 3 is 2.71 bits per heavy atom. The molecular formula is C11H15Br2NO2S. The van der Waals surface area contributed by atoms with Crippen LogP contribution in [0.2, 0.25) is 0 Å². The van der Waals surface area contributed by atoms with Gasteiger partial charge in [0, 0.05) is 12.5 Å². The topological polar surface area (TPSA) is 52.3 Å². The van der Waals surface area contributed by atoms with Crippen LogP contribution < -0.4 is 5.73 Å². The molecule has 0 bridgehead atoms. The van der Waals surface area contributed by atoms with Crippen molar-refractivity contribution in [3.05, 3.63) is 19.2 Å². The molecule has 0 aliphatic heterocycles. The van der Waals surface area contributed by atoms with Gasteiger partial charge in [-0.25, -0.2) is 0 Å². The van der Waals surface area contributed by atoms with Crippen molar-refractivity contribution < 1.29 is 9.53 Å². The molecule has 17 heavy (non-hydrogen) atoms. The zero-order valence-corrected chi connectivity index (χ0v) is 13.7. The van der Waals surface area contributed by atoms with E-state index in [0.29, 0.717) is 6.42 Å². The molecule has 6 heteroatoms. The van der Waals surface area contributed by atoms with E-state index in [1.54, 1.807) is 11.3 Å². The van der Waals surface area contributed by atoms with E-state index in [1.165, 1.54) is 7.11 Å². The van der Waals surface area contributed by atoms with Gasteiger partial charge in [-0.05, 0) is 55.8 Å². The predicted octanol–water partition coefficient (Wildman–Crippen LogP) is 3.86. The second-order valence-electron chi connectivity index (χ2n) is 4.01. The van der Waals surface area contributed by atoms with E-state index in [9.17, 15) is 4.79 Å². The number of rotatable bonds is 5. The number of carbonyl (C=O) groups excluding carboxylic acids is 1. The van der Waals surface area contributed by atoms with Crippen molar-refractivity contribution in [2.45, 2.75) is 25.8 Å². The molecule has 0 saturated heterocycles. The Kier molecular flexibility index (Phi) is 6.12. The maximum atomic E-state index is 11.1. The van der Waals surface area contributed by atoms with Gasteiger partial charge in [0.2, 0.25) is 0 Å². The lowest BCUT2D eigenvalue weighted by atomic mass is 9.96. The Balaban J connectivity index is 2.57. The summed E-state index contributed by atoms with van der Waals surface area (Å²) in [4.78, 5) is 11.1. The van der Waals surface area contributed by atoms with Crippen LogP contribution in [0.1, 0.15) is 31.4 Å². The lowest BCUT2D eigenvalue weighted by Crippen LogP contribution is -2.16. The number of thiophene rings is 1. The van der Waals surface area contributed by atoms with E-state index < -0.39 is 0 Å². The highest BCUT2D eigenvalue weighted by Crippen LogP contribution is 2.36. The van der Waals surface area contributed by atoms with Gasteiger partial charge in [-0.15, -0.1) is 11.3 Å². The van der Waals surface area contributed by atoms with Crippen molar-refractivity contribution in [2.24, 2.45) is 11.7 Å². The van der Waals surface area contributed by atoms with Crippen molar-refractivity contribution in [3.63, 3.8) is 0 Å². The molecule has 0 aromatic carbocycles. The number of carbonyl (C=O) groups is 1. The lowest BCUT2D eigenvalue weighted by Gasteiger charge is -2.16. The number of methoxy groups -OCH3 is 1. The second kappa shape index (κ2) is 6.87. The number of ether oxygens (including phenoxy) is 1. The minimum absolute atomic E-state index is 0.0634. The molecule has 0 fully saturated rings. The van der Waals surface area contributed by atoms with Crippen molar-refractivity contribution >= 4 is 49.2 Å². The first-order valence-corrected chi connectivity index (χ1v) is 7.61. The first-order chi connectivity index (χ1) is 7.93. The molecule has 2 unspecified atom stereocenters. The Bertz CT molecular complexity index is 395. The van der Waals surface area contributed by atoms with E-state index >= 15 is 0 Å². The van der Waals surface area contributed by atoms with Gasteiger partial charge in [-0.2, -0.15) is 0 Å². The quantitative estimate of drug-likeness (QED) is 0.784. The fourth-order valence-electron chi connectivity index (χ4n) is 1.62. The molecule has 0 radical (unpaired) electrons. The molecule has 1 heterocycles. The summed E-state index contributed by atoms with van der Waals surface area (Å²) in [7, 11) is 1.40. The third-order valence-corrected chi connectivity index (χ3v) is 4.87. The molecular weight excluding hydrogens is 370 g/mol. The Morgan fingerprint density at radius 2 is 2.24 bits per heavy atom. The second-order valence-corrected chi connectivity index (χ2v) is 7.76. The molecule has 3 nitrogen and oxygen atoms in total. The van der Waals surface area contributed by atoms with Gasteiger partial charge < -0.3 is 10.5 Å². The third-order valence-electron chi connectivity index (χ3n) is 2.48. The van der Waals surface area contributed by atoms with E-state index in [2.05, 4.69) is 36.6 Å². The average Bonchev–Trinajstić information content (AvgIpc) is 2.57. The first-order valence-electron chi connectivity index (χ1n) is 5.21. The molecule has 0 aliphatic carbocycles. The maximum Gasteiger partial charge on any atom is 0.305 e. The van der Waals surface area contributed by atoms with E-state index in [4.69, 9.17) is 5.73 Å². The molecule has 0 spiro atoms. The molecule has 0 aliphatic rings. The summed E-state index contributed by atoms with van der Waals surface area (Å²) in [5, 5.41) is 0. The van der Waals surface area contributed by atoms with E-state index in [0.717, 1.165) is 19.6 Å². The van der Waals surface area contributed by atoms with Gasteiger partial charge in [-0.3, -0.25) is 4.79 Å². The predicted molar refractivity (Wildman–Crippen MR) is 77.1 cm³/mol. The summed E-state index contributed by atoms with van der Waals surface area (Å²) in [6, 6.07) is 1.95. The van der Waals surface area contributed by atoms with Crippen molar-refractivity contribution in [2.75, 3.05) is 7.11 Å². The van der Waals surface area contributed by atoms with Crippen LogP contribution in [0.15, 0.2) is 13.6 Å². The van der Waals surface area contributed by atoms with Gasteiger partial charge in [0.25, 0.3) is 0 Å². The first kappa shape index (κ1) is 15.1. The lowest BCUT2D eigenvalue weighted by molar-refractivity contribution is -0.141. The summed E-state index contributed by atoms with van der Waals surface area (Å²) in [5.41, 5.74) is 7.21. The number of nitrogens with two attached hydrogens (primary N) is 1. The summed E-state index contributed by atoms with van der Waals surface area (Å²) < 4.78 is 6.74. The molecule has 1 aromatic rings. The molecule has 2 N–H and O–H groups in total. The van der Waals surface area contributed by atoms with Crippen LogP contribution in [0.4, 0.5) is 0 Å². The van der Waals surface area contributed by atoms with Gasteiger partial charge >= 0.3 is 5.97 Å². The number of hydrogen-bond acceptors (Lipinski definition) is 4. The Labute approximate surface area is 122 Å². The highest BCUT2D eigenvalue weighted by Gasteiger charge is 2.18. The molecule has 2 atom stereocenters. The van der Waals surface area contributed by atoms with E-state index in [-0.39, 0.29) is 17.9 Å². The van der Waals surface area contributed by atoms with Crippen molar-refractivity contribution in [3.8, 4) is 0 Å². The van der Waals surface area contributed by atoms with Gasteiger partial charge in [0.1, 0.15) is 0 Å². The third kappa shape index (κ3) is 4.69. The molecule has 0 saturated carbocycles. The monoisotopic (exact) mass is 383 g/mol. The number of halogens is 2. The van der Waals surface area contributed by atoms with E-state index in [1.807, 2.05) is 13.0 Å². The van der Waals surface area contributed by atoms with Crippen LogP contribution in [0.25, 0.3) is 0 Å². The van der Waals surface area contributed by atoms with Crippen LogP contribution in [0.3, 0.4) is 0 Å². The van der Waals surface area contributed by atoms with Crippen LogP contribution in [0.5, 0.6) is 0 Å².